The van der Waals surface area contributed by atoms with Gasteiger partial charge in [-0.2, -0.15) is 4.31 Å². The molecule has 100 valence electrons. The monoisotopic (exact) mass is 336 g/mol. The van der Waals surface area contributed by atoms with Crippen molar-refractivity contribution < 1.29 is 12.8 Å². The summed E-state index contributed by atoms with van der Waals surface area (Å²) in [6.45, 7) is -0.0407. The summed E-state index contributed by atoms with van der Waals surface area (Å²) >= 11 is 3.18. The van der Waals surface area contributed by atoms with Crippen LogP contribution in [-0.4, -0.2) is 25.8 Å². The van der Waals surface area contributed by atoms with Gasteiger partial charge < -0.3 is 5.73 Å². The third-order valence-electron chi connectivity index (χ3n) is 3.02. The highest BCUT2D eigenvalue weighted by atomic mass is 79.9. The van der Waals surface area contributed by atoms with E-state index >= 15 is 0 Å². The molecule has 0 amide bonds. The van der Waals surface area contributed by atoms with Gasteiger partial charge in [-0.15, -0.1) is 0 Å². The minimum atomic E-state index is -3.79. The average molecular weight is 337 g/mol. The molecule has 4 nitrogen and oxygen atoms in total. The van der Waals surface area contributed by atoms with Gasteiger partial charge in [-0.05, 0) is 25.0 Å². The molecule has 0 spiro atoms. The summed E-state index contributed by atoms with van der Waals surface area (Å²) in [5.74, 6) is -0.756. The van der Waals surface area contributed by atoms with Gasteiger partial charge in [-0.3, -0.25) is 0 Å². The second-order valence-corrected chi connectivity index (χ2v) is 7.22. The molecule has 1 saturated carbocycles. The predicted molar refractivity (Wildman–Crippen MR) is 70.0 cm³/mol. The molecule has 1 aromatic carbocycles. The van der Waals surface area contributed by atoms with E-state index in [9.17, 15) is 12.8 Å². The molecule has 0 radical (unpaired) electrons. The Bertz CT molecular complexity index is 573. The Morgan fingerprint density at radius 1 is 1.50 bits per heavy atom. The zero-order valence-corrected chi connectivity index (χ0v) is 12.3. The molecule has 1 aliphatic rings. The maximum atomic E-state index is 14.1. The largest absolute Gasteiger partial charge is 0.326 e. The van der Waals surface area contributed by atoms with Crippen LogP contribution in [0.4, 0.5) is 4.39 Å². The highest BCUT2D eigenvalue weighted by Crippen LogP contribution is 2.33. The van der Waals surface area contributed by atoms with Gasteiger partial charge in [-0.1, -0.05) is 15.9 Å². The molecular formula is C11H14BrFN2O2S. The van der Waals surface area contributed by atoms with Crippen molar-refractivity contribution in [1.82, 2.24) is 4.31 Å². The van der Waals surface area contributed by atoms with Crippen LogP contribution in [0.3, 0.4) is 0 Å². The predicted octanol–water partition coefficient (Wildman–Crippen LogP) is 1.83. The maximum Gasteiger partial charge on any atom is 0.246 e. The lowest BCUT2D eigenvalue weighted by Crippen LogP contribution is -2.30. The van der Waals surface area contributed by atoms with E-state index in [1.54, 1.807) is 0 Å². The normalized spacial score (nSPS) is 16.3. The molecule has 1 fully saturated rings. The summed E-state index contributed by atoms with van der Waals surface area (Å²) < 4.78 is 40.4. The quantitative estimate of drug-likeness (QED) is 0.912. The second-order valence-electron chi connectivity index (χ2n) is 4.33. The Kier molecular flexibility index (Phi) is 3.77. The molecule has 0 aliphatic heterocycles. The van der Waals surface area contributed by atoms with Crippen LogP contribution in [0, 0.1) is 5.82 Å². The molecule has 0 saturated heterocycles. The van der Waals surface area contributed by atoms with Crippen molar-refractivity contribution >= 4 is 26.0 Å². The van der Waals surface area contributed by atoms with Crippen LogP contribution in [0.1, 0.15) is 18.4 Å². The lowest BCUT2D eigenvalue weighted by molar-refractivity contribution is 0.456. The van der Waals surface area contributed by atoms with Crippen LogP contribution in [0.5, 0.6) is 0 Å². The Balaban J connectivity index is 2.53. The standard InChI is InChI=1S/C11H14BrFN2O2S/c1-15(9-2-3-9)18(16,17)10-5-8(12)4-7(6-14)11(10)13/h4-5,9H,2-3,6,14H2,1H3. The van der Waals surface area contributed by atoms with Gasteiger partial charge in [0.2, 0.25) is 10.0 Å². The van der Waals surface area contributed by atoms with Gasteiger partial charge in [0.1, 0.15) is 10.7 Å². The van der Waals surface area contributed by atoms with Crippen LogP contribution < -0.4 is 5.73 Å². The van der Waals surface area contributed by atoms with Crippen LogP contribution in [0.25, 0.3) is 0 Å². The Morgan fingerprint density at radius 3 is 2.61 bits per heavy atom. The highest BCUT2D eigenvalue weighted by Gasteiger charge is 2.36. The number of hydrogen-bond donors (Lipinski definition) is 1. The minimum absolute atomic E-state index is 0.00490. The van der Waals surface area contributed by atoms with Gasteiger partial charge in [0, 0.05) is 29.7 Å². The van der Waals surface area contributed by atoms with E-state index in [0.717, 1.165) is 12.8 Å². The molecule has 0 aromatic heterocycles. The molecule has 0 bridgehead atoms. The molecule has 0 atom stereocenters. The van der Waals surface area contributed by atoms with Crippen molar-refractivity contribution in [2.45, 2.75) is 30.3 Å². The van der Waals surface area contributed by atoms with Crippen LogP contribution >= 0.6 is 15.9 Å². The first-order chi connectivity index (χ1) is 8.37. The third kappa shape index (κ3) is 2.45. The summed E-state index contributed by atoms with van der Waals surface area (Å²) in [5, 5.41) is 0. The lowest BCUT2D eigenvalue weighted by Gasteiger charge is -2.18. The first-order valence-corrected chi connectivity index (χ1v) is 7.77. The fourth-order valence-electron chi connectivity index (χ4n) is 1.74. The average Bonchev–Trinajstić information content (AvgIpc) is 3.14. The fourth-order valence-corrected chi connectivity index (χ4v) is 3.95. The van der Waals surface area contributed by atoms with Crippen molar-refractivity contribution in [3.05, 3.63) is 28.0 Å². The van der Waals surface area contributed by atoms with E-state index in [-0.39, 0.29) is 23.0 Å². The van der Waals surface area contributed by atoms with Crippen molar-refractivity contribution in [3.8, 4) is 0 Å². The van der Waals surface area contributed by atoms with E-state index in [0.29, 0.717) is 4.47 Å². The number of nitrogens with two attached hydrogens (primary N) is 1. The van der Waals surface area contributed by atoms with E-state index < -0.39 is 15.8 Å². The molecule has 0 heterocycles. The number of nitrogens with zero attached hydrogens (tertiary/aromatic N) is 1. The number of sulfonamides is 1. The van der Waals surface area contributed by atoms with Crippen molar-refractivity contribution in [1.29, 1.82) is 0 Å². The SMILES string of the molecule is CN(C1CC1)S(=O)(=O)c1cc(Br)cc(CN)c1F. The molecule has 18 heavy (non-hydrogen) atoms. The van der Waals surface area contributed by atoms with Crippen LogP contribution in [0.15, 0.2) is 21.5 Å². The second kappa shape index (κ2) is 4.88. The fraction of sp³-hybridized carbons (Fsp3) is 0.455. The topological polar surface area (TPSA) is 63.4 Å². The van der Waals surface area contributed by atoms with Crippen molar-refractivity contribution in [2.24, 2.45) is 5.73 Å². The molecule has 2 N–H and O–H groups in total. The lowest BCUT2D eigenvalue weighted by atomic mass is 10.2. The van der Waals surface area contributed by atoms with Gasteiger partial charge in [0.25, 0.3) is 0 Å². The molecular weight excluding hydrogens is 323 g/mol. The summed E-state index contributed by atoms with van der Waals surface area (Å²) in [7, 11) is -2.31. The molecule has 2 rings (SSSR count). The molecule has 0 unspecified atom stereocenters. The molecule has 1 aromatic rings. The summed E-state index contributed by atoms with van der Waals surface area (Å²) in [6.07, 6.45) is 1.66. The molecule has 7 heteroatoms. The highest BCUT2D eigenvalue weighted by molar-refractivity contribution is 9.10. The Labute approximate surface area is 114 Å². The number of halogens is 2. The van der Waals surface area contributed by atoms with E-state index in [4.69, 9.17) is 5.73 Å². The molecule has 1 aliphatic carbocycles. The minimum Gasteiger partial charge on any atom is -0.326 e. The zero-order valence-electron chi connectivity index (χ0n) is 9.86. The Hall–Kier alpha value is -0.500. The Morgan fingerprint density at radius 2 is 2.11 bits per heavy atom. The van der Waals surface area contributed by atoms with Gasteiger partial charge >= 0.3 is 0 Å². The van der Waals surface area contributed by atoms with Gasteiger partial charge in [0.05, 0.1) is 0 Å². The summed E-state index contributed by atoms with van der Waals surface area (Å²) in [5.41, 5.74) is 5.60. The summed E-state index contributed by atoms with van der Waals surface area (Å²) in [4.78, 5) is -0.313. The first-order valence-electron chi connectivity index (χ1n) is 5.54. The first kappa shape index (κ1) is 13.9. The van der Waals surface area contributed by atoms with E-state index in [1.165, 1.54) is 23.5 Å². The van der Waals surface area contributed by atoms with Crippen molar-refractivity contribution in [3.63, 3.8) is 0 Å². The number of rotatable bonds is 4. The van der Waals surface area contributed by atoms with Crippen LogP contribution in [-0.2, 0) is 16.6 Å². The smallest absolute Gasteiger partial charge is 0.246 e. The van der Waals surface area contributed by atoms with Crippen LogP contribution in [0.2, 0.25) is 0 Å². The third-order valence-corrected chi connectivity index (χ3v) is 5.38. The van der Waals surface area contributed by atoms with E-state index in [2.05, 4.69) is 15.9 Å². The number of hydrogen-bond acceptors (Lipinski definition) is 3. The zero-order chi connectivity index (χ0) is 13.5. The van der Waals surface area contributed by atoms with Gasteiger partial charge in [-0.25, -0.2) is 12.8 Å². The summed E-state index contributed by atoms with van der Waals surface area (Å²) in [6, 6.07) is 2.77. The van der Waals surface area contributed by atoms with E-state index in [1.807, 2.05) is 0 Å². The maximum absolute atomic E-state index is 14.1. The number of benzene rings is 1. The van der Waals surface area contributed by atoms with Gasteiger partial charge in [0.15, 0.2) is 0 Å². The van der Waals surface area contributed by atoms with Crippen molar-refractivity contribution in [2.75, 3.05) is 7.05 Å².